The van der Waals surface area contributed by atoms with Gasteiger partial charge in [-0.1, -0.05) is 0 Å². The van der Waals surface area contributed by atoms with Gasteiger partial charge in [0, 0.05) is 37.6 Å². The van der Waals surface area contributed by atoms with E-state index in [-0.39, 0.29) is 23.6 Å². The Morgan fingerprint density at radius 3 is 2.58 bits per heavy atom. The van der Waals surface area contributed by atoms with Crippen molar-refractivity contribution < 1.29 is 13.6 Å². The largest absolute Gasteiger partial charge is 0.347 e. The maximum Gasteiger partial charge on any atom is 0.269 e. The molecule has 1 aliphatic rings. The zero-order valence-corrected chi connectivity index (χ0v) is 17.3. The van der Waals surface area contributed by atoms with E-state index in [9.17, 15) is 13.6 Å². The van der Waals surface area contributed by atoms with Crippen LogP contribution >= 0.6 is 0 Å². The molecule has 31 heavy (non-hydrogen) atoms. The predicted molar refractivity (Wildman–Crippen MR) is 112 cm³/mol. The van der Waals surface area contributed by atoms with Gasteiger partial charge in [-0.2, -0.15) is 5.10 Å². The number of aromatic nitrogens is 4. The Labute approximate surface area is 178 Å². The number of nitrogens with one attached hydrogen (secondary N) is 2. The van der Waals surface area contributed by atoms with Crippen molar-refractivity contribution in [2.24, 2.45) is 7.05 Å². The number of carbonyl (C=O) groups is 1. The van der Waals surface area contributed by atoms with Crippen molar-refractivity contribution in [1.82, 2.24) is 30.0 Å². The number of nitrogens with zero attached hydrogens (tertiary/aromatic N) is 5. The summed E-state index contributed by atoms with van der Waals surface area (Å²) in [6, 6.07) is 6.39. The molecule has 10 heteroatoms. The first-order valence-electron chi connectivity index (χ1n) is 10.0. The number of hydrogen-bond acceptors (Lipinski definition) is 6. The molecule has 8 nitrogen and oxygen atoms in total. The third-order valence-corrected chi connectivity index (χ3v) is 5.01. The van der Waals surface area contributed by atoms with Crippen LogP contribution in [0.5, 0.6) is 0 Å². The molecule has 0 saturated carbocycles. The maximum absolute atomic E-state index is 13.4. The van der Waals surface area contributed by atoms with Gasteiger partial charge in [0.15, 0.2) is 0 Å². The Hall–Kier alpha value is -3.40. The monoisotopic (exact) mass is 427 g/mol. The molecule has 0 radical (unpaired) electrons. The highest BCUT2D eigenvalue weighted by atomic mass is 19.1. The van der Waals surface area contributed by atoms with E-state index in [4.69, 9.17) is 0 Å². The van der Waals surface area contributed by atoms with E-state index in [0.29, 0.717) is 17.1 Å². The number of likely N-dealkylation sites (tertiary alicyclic amines) is 1. The molecule has 1 aromatic carbocycles. The molecule has 2 aromatic heterocycles. The molecular formula is C21H23F2N7O. The lowest BCUT2D eigenvalue weighted by Crippen LogP contribution is -2.47. The minimum Gasteiger partial charge on any atom is -0.347 e. The zero-order valence-electron chi connectivity index (χ0n) is 17.3. The molecule has 1 atom stereocenters. The van der Waals surface area contributed by atoms with Crippen LogP contribution in [0.1, 0.15) is 23.8 Å². The van der Waals surface area contributed by atoms with Crippen LogP contribution in [0.25, 0.3) is 11.4 Å². The summed E-state index contributed by atoms with van der Waals surface area (Å²) >= 11 is 0. The molecule has 1 fully saturated rings. The number of carbonyl (C=O) groups excluding carboxylic acids is 1. The Bertz CT molecular complexity index is 1080. The molecule has 2 N–H and O–H groups in total. The summed E-state index contributed by atoms with van der Waals surface area (Å²) in [6.07, 6.45) is 2.71. The average molecular weight is 427 g/mol. The van der Waals surface area contributed by atoms with Crippen LogP contribution in [0.2, 0.25) is 0 Å². The lowest BCUT2D eigenvalue weighted by molar-refractivity contribution is 0.0905. The van der Waals surface area contributed by atoms with Crippen LogP contribution in [-0.2, 0) is 7.05 Å². The highest BCUT2D eigenvalue weighted by Crippen LogP contribution is 2.21. The normalized spacial score (nSPS) is 14.7. The standard InChI is InChI=1S/C21H23F2N7O/c1-13(12-30-6-3-7-30)25-20(31)19-11-18(28-29(19)2)17-4-5-24-21(27-17)26-16-9-14(22)8-15(23)10-16/h4-5,8-11,13H,3,6-7,12H2,1-2H3,(H,25,31)(H,24,26,27). The number of anilines is 2. The van der Waals surface area contributed by atoms with Gasteiger partial charge < -0.3 is 15.5 Å². The van der Waals surface area contributed by atoms with E-state index in [1.54, 1.807) is 19.2 Å². The molecule has 162 valence electrons. The fraction of sp³-hybridized carbons (Fsp3) is 0.333. The van der Waals surface area contributed by atoms with Gasteiger partial charge in [0.25, 0.3) is 5.91 Å². The quantitative estimate of drug-likeness (QED) is 0.603. The van der Waals surface area contributed by atoms with Crippen molar-refractivity contribution in [2.75, 3.05) is 25.0 Å². The number of aryl methyl sites for hydroxylation is 1. The molecule has 1 unspecified atom stereocenters. The minimum absolute atomic E-state index is 0.0210. The molecule has 1 aliphatic heterocycles. The second-order valence-electron chi connectivity index (χ2n) is 7.62. The van der Waals surface area contributed by atoms with Gasteiger partial charge in [-0.05, 0) is 50.7 Å². The molecule has 1 amide bonds. The van der Waals surface area contributed by atoms with Crippen molar-refractivity contribution in [3.05, 3.63) is 53.9 Å². The second kappa shape index (κ2) is 8.76. The summed E-state index contributed by atoms with van der Waals surface area (Å²) in [5, 5.41) is 10.2. The smallest absolute Gasteiger partial charge is 0.269 e. The van der Waals surface area contributed by atoms with E-state index < -0.39 is 11.6 Å². The summed E-state index contributed by atoms with van der Waals surface area (Å²) in [7, 11) is 1.69. The maximum atomic E-state index is 13.4. The Balaban J connectivity index is 1.48. The van der Waals surface area contributed by atoms with Crippen LogP contribution in [0.3, 0.4) is 0 Å². The third-order valence-electron chi connectivity index (χ3n) is 5.01. The van der Waals surface area contributed by atoms with Gasteiger partial charge >= 0.3 is 0 Å². The zero-order chi connectivity index (χ0) is 22.0. The van der Waals surface area contributed by atoms with Gasteiger partial charge in [-0.25, -0.2) is 18.7 Å². The van der Waals surface area contributed by atoms with Crippen molar-refractivity contribution in [2.45, 2.75) is 19.4 Å². The first-order chi connectivity index (χ1) is 14.9. The van der Waals surface area contributed by atoms with Crippen molar-refractivity contribution in [3.8, 4) is 11.4 Å². The summed E-state index contributed by atoms with van der Waals surface area (Å²) < 4.78 is 28.3. The predicted octanol–water partition coefficient (Wildman–Crippen LogP) is 2.72. The van der Waals surface area contributed by atoms with Gasteiger partial charge in [0.05, 0.1) is 5.69 Å². The van der Waals surface area contributed by atoms with E-state index in [1.165, 1.54) is 17.3 Å². The average Bonchev–Trinajstić information content (AvgIpc) is 3.06. The van der Waals surface area contributed by atoms with Crippen molar-refractivity contribution in [1.29, 1.82) is 0 Å². The summed E-state index contributed by atoms with van der Waals surface area (Å²) in [6.45, 7) is 4.94. The molecular weight excluding hydrogens is 404 g/mol. The van der Waals surface area contributed by atoms with Crippen LogP contribution < -0.4 is 10.6 Å². The van der Waals surface area contributed by atoms with Crippen LogP contribution in [-0.4, -0.2) is 56.2 Å². The summed E-state index contributed by atoms with van der Waals surface area (Å²) in [5.41, 5.74) is 1.55. The topological polar surface area (TPSA) is 88.0 Å². The lowest BCUT2D eigenvalue weighted by atomic mass is 10.2. The fourth-order valence-corrected chi connectivity index (χ4v) is 3.42. The fourth-order valence-electron chi connectivity index (χ4n) is 3.42. The molecule has 0 spiro atoms. The molecule has 0 bridgehead atoms. The van der Waals surface area contributed by atoms with Gasteiger partial charge in [0.1, 0.15) is 23.0 Å². The van der Waals surface area contributed by atoms with Crippen molar-refractivity contribution >= 4 is 17.5 Å². The summed E-state index contributed by atoms with van der Waals surface area (Å²) in [5.74, 6) is -1.47. The number of amides is 1. The highest BCUT2D eigenvalue weighted by molar-refractivity contribution is 5.93. The molecule has 3 aromatic rings. The molecule has 0 aliphatic carbocycles. The first-order valence-corrected chi connectivity index (χ1v) is 10.0. The minimum atomic E-state index is -0.706. The number of halogens is 2. The molecule has 3 heterocycles. The number of rotatable bonds is 7. The van der Waals surface area contributed by atoms with Gasteiger partial charge in [0.2, 0.25) is 5.95 Å². The van der Waals surface area contributed by atoms with Gasteiger partial charge in [-0.3, -0.25) is 9.48 Å². The van der Waals surface area contributed by atoms with Gasteiger partial charge in [-0.15, -0.1) is 0 Å². The van der Waals surface area contributed by atoms with E-state index in [2.05, 4.69) is 30.6 Å². The molecule has 1 saturated heterocycles. The van der Waals surface area contributed by atoms with Crippen LogP contribution in [0.15, 0.2) is 36.5 Å². The Kier molecular flexibility index (Phi) is 5.90. The van der Waals surface area contributed by atoms with E-state index in [0.717, 1.165) is 37.8 Å². The van der Waals surface area contributed by atoms with E-state index >= 15 is 0 Å². The Morgan fingerprint density at radius 2 is 1.90 bits per heavy atom. The number of benzene rings is 1. The van der Waals surface area contributed by atoms with E-state index in [1.807, 2.05) is 6.92 Å². The molecule has 4 rings (SSSR count). The van der Waals surface area contributed by atoms with Crippen molar-refractivity contribution in [3.63, 3.8) is 0 Å². The first kappa shape index (κ1) is 20.9. The van der Waals surface area contributed by atoms with Crippen LogP contribution in [0, 0.1) is 11.6 Å². The lowest BCUT2D eigenvalue weighted by Gasteiger charge is -2.33. The number of hydrogen-bond donors (Lipinski definition) is 2. The second-order valence-corrected chi connectivity index (χ2v) is 7.62. The van der Waals surface area contributed by atoms with Crippen LogP contribution in [0.4, 0.5) is 20.4 Å². The summed E-state index contributed by atoms with van der Waals surface area (Å²) in [4.78, 5) is 23.4. The Morgan fingerprint density at radius 1 is 1.16 bits per heavy atom. The third kappa shape index (κ3) is 5.02. The SMILES string of the molecule is CC(CN1CCC1)NC(=O)c1cc(-c2ccnc(Nc3cc(F)cc(F)c3)n2)nn1C. The highest BCUT2D eigenvalue weighted by Gasteiger charge is 2.20.